The van der Waals surface area contributed by atoms with Crippen LogP contribution in [0.5, 0.6) is 0 Å². The van der Waals surface area contributed by atoms with Gasteiger partial charge in [0.15, 0.2) is 17.3 Å². The van der Waals surface area contributed by atoms with E-state index in [-0.39, 0.29) is 5.82 Å². The van der Waals surface area contributed by atoms with Gasteiger partial charge in [-0.1, -0.05) is 19.3 Å². The maximum Gasteiger partial charge on any atom is 0.199 e. The molecule has 7 heteroatoms. The number of nitrogens with two attached hydrogens (primary N) is 1. The highest BCUT2D eigenvalue weighted by Gasteiger charge is 2.24. The SMILES string of the molecule is Cc1nnc(-c2nonc2N)n1C1CCCCC1. The normalized spacial score (nSPS) is 17.2. The fourth-order valence-corrected chi connectivity index (χ4v) is 2.66. The summed E-state index contributed by atoms with van der Waals surface area (Å²) in [6.07, 6.45) is 6.09. The van der Waals surface area contributed by atoms with Gasteiger partial charge in [0.25, 0.3) is 0 Å². The lowest BCUT2D eigenvalue weighted by atomic mass is 9.95. The van der Waals surface area contributed by atoms with Crippen molar-refractivity contribution in [1.82, 2.24) is 25.1 Å². The Morgan fingerprint density at radius 3 is 2.61 bits per heavy atom. The minimum Gasteiger partial charge on any atom is -0.379 e. The van der Waals surface area contributed by atoms with Gasteiger partial charge in [-0.05, 0) is 30.1 Å². The molecule has 0 atom stereocenters. The second-order valence-corrected chi connectivity index (χ2v) is 4.73. The number of nitrogens with zero attached hydrogens (tertiary/aromatic N) is 5. The van der Waals surface area contributed by atoms with E-state index in [1.165, 1.54) is 19.3 Å². The molecule has 3 rings (SSSR count). The van der Waals surface area contributed by atoms with Crippen molar-refractivity contribution in [2.45, 2.75) is 45.1 Å². The summed E-state index contributed by atoms with van der Waals surface area (Å²) in [5, 5.41) is 15.7. The first-order chi connectivity index (χ1) is 8.77. The summed E-state index contributed by atoms with van der Waals surface area (Å²) in [5.74, 6) is 1.82. The standard InChI is InChI=1S/C11H16N6O/c1-7-13-14-11(9-10(12)16-18-15-9)17(7)8-5-3-2-4-6-8/h8H,2-6H2,1H3,(H2,12,16). The number of rotatable bonds is 2. The lowest BCUT2D eigenvalue weighted by Gasteiger charge is -2.24. The Bertz CT molecular complexity index is 539. The highest BCUT2D eigenvalue weighted by atomic mass is 16.6. The van der Waals surface area contributed by atoms with Crippen LogP contribution in [-0.2, 0) is 0 Å². The second kappa shape index (κ2) is 4.40. The number of nitrogen functional groups attached to an aromatic ring is 1. The minimum absolute atomic E-state index is 0.263. The molecule has 96 valence electrons. The molecule has 0 unspecified atom stereocenters. The predicted molar refractivity (Wildman–Crippen MR) is 64.6 cm³/mol. The molecule has 2 N–H and O–H groups in total. The molecule has 2 aromatic rings. The van der Waals surface area contributed by atoms with Gasteiger partial charge >= 0.3 is 0 Å². The van der Waals surface area contributed by atoms with Crippen LogP contribution in [0.4, 0.5) is 5.82 Å². The van der Waals surface area contributed by atoms with Crippen LogP contribution in [0.25, 0.3) is 11.5 Å². The van der Waals surface area contributed by atoms with Gasteiger partial charge in [0.2, 0.25) is 0 Å². The van der Waals surface area contributed by atoms with Gasteiger partial charge in [-0.2, -0.15) is 0 Å². The van der Waals surface area contributed by atoms with E-state index in [1.54, 1.807) is 0 Å². The molecule has 2 aromatic heterocycles. The first kappa shape index (κ1) is 11.2. The Labute approximate surface area is 104 Å². The molecule has 0 amide bonds. The van der Waals surface area contributed by atoms with Crippen LogP contribution in [-0.4, -0.2) is 25.1 Å². The van der Waals surface area contributed by atoms with E-state index in [9.17, 15) is 0 Å². The zero-order valence-electron chi connectivity index (χ0n) is 10.3. The Kier molecular flexibility index (Phi) is 2.73. The van der Waals surface area contributed by atoms with E-state index in [0.29, 0.717) is 17.6 Å². The van der Waals surface area contributed by atoms with Crippen molar-refractivity contribution < 1.29 is 4.63 Å². The largest absolute Gasteiger partial charge is 0.379 e. The van der Waals surface area contributed by atoms with Crippen LogP contribution >= 0.6 is 0 Å². The van der Waals surface area contributed by atoms with Crippen LogP contribution in [0.2, 0.25) is 0 Å². The number of hydrogen-bond acceptors (Lipinski definition) is 6. The lowest BCUT2D eigenvalue weighted by molar-refractivity contribution is 0.309. The Balaban J connectivity index is 2.03. The molecule has 0 saturated heterocycles. The van der Waals surface area contributed by atoms with Crippen molar-refractivity contribution >= 4 is 5.82 Å². The van der Waals surface area contributed by atoms with Crippen molar-refractivity contribution in [3.05, 3.63) is 5.82 Å². The first-order valence-electron chi connectivity index (χ1n) is 6.27. The molecule has 1 fully saturated rings. The Morgan fingerprint density at radius 2 is 1.94 bits per heavy atom. The molecule has 0 spiro atoms. The summed E-state index contributed by atoms with van der Waals surface area (Å²) < 4.78 is 6.77. The molecule has 1 aliphatic rings. The number of aryl methyl sites for hydroxylation is 1. The zero-order chi connectivity index (χ0) is 12.5. The molecule has 7 nitrogen and oxygen atoms in total. The minimum atomic E-state index is 0.263. The van der Waals surface area contributed by atoms with Crippen molar-refractivity contribution in [2.75, 3.05) is 5.73 Å². The second-order valence-electron chi connectivity index (χ2n) is 4.73. The molecule has 0 aliphatic heterocycles. The van der Waals surface area contributed by atoms with Crippen LogP contribution in [0, 0.1) is 6.92 Å². The third kappa shape index (κ3) is 1.75. The molecule has 18 heavy (non-hydrogen) atoms. The molecular formula is C11H16N6O. The number of aromatic nitrogens is 5. The average molecular weight is 248 g/mol. The third-order valence-corrected chi connectivity index (χ3v) is 3.53. The molecule has 2 heterocycles. The van der Waals surface area contributed by atoms with Crippen LogP contribution in [0.3, 0.4) is 0 Å². The smallest absolute Gasteiger partial charge is 0.199 e. The number of anilines is 1. The van der Waals surface area contributed by atoms with Crippen molar-refractivity contribution in [1.29, 1.82) is 0 Å². The van der Waals surface area contributed by atoms with Crippen molar-refractivity contribution in [3.63, 3.8) is 0 Å². The van der Waals surface area contributed by atoms with E-state index >= 15 is 0 Å². The molecule has 1 saturated carbocycles. The Hall–Kier alpha value is -1.92. The van der Waals surface area contributed by atoms with Gasteiger partial charge in [-0.15, -0.1) is 10.2 Å². The topological polar surface area (TPSA) is 95.7 Å². The molecule has 0 aromatic carbocycles. The van der Waals surface area contributed by atoms with Gasteiger partial charge in [0, 0.05) is 6.04 Å². The maximum atomic E-state index is 5.73. The summed E-state index contributed by atoms with van der Waals surface area (Å²) >= 11 is 0. The third-order valence-electron chi connectivity index (χ3n) is 3.53. The lowest BCUT2D eigenvalue weighted by Crippen LogP contribution is -2.15. The van der Waals surface area contributed by atoms with E-state index in [2.05, 4.69) is 29.7 Å². The van der Waals surface area contributed by atoms with E-state index < -0.39 is 0 Å². The van der Waals surface area contributed by atoms with E-state index in [4.69, 9.17) is 5.73 Å². The first-order valence-corrected chi connectivity index (χ1v) is 6.27. The van der Waals surface area contributed by atoms with Gasteiger partial charge in [-0.25, -0.2) is 4.63 Å². The van der Waals surface area contributed by atoms with Crippen molar-refractivity contribution in [2.24, 2.45) is 0 Å². The quantitative estimate of drug-likeness (QED) is 0.869. The van der Waals surface area contributed by atoms with Gasteiger partial charge < -0.3 is 10.3 Å². The van der Waals surface area contributed by atoms with Gasteiger partial charge in [0.05, 0.1) is 0 Å². The maximum absolute atomic E-state index is 5.73. The summed E-state index contributed by atoms with van der Waals surface area (Å²) in [4.78, 5) is 0. The molecule has 0 bridgehead atoms. The van der Waals surface area contributed by atoms with Crippen molar-refractivity contribution in [3.8, 4) is 11.5 Å². The van der Waals surface area contributed by atoms with Crippen LogP contribution in [0.15, 0.2) is 4.63 Å². The monoisotopic (exact) mass is 248 g/mol. The summed E-state index contributed by atoms with van der Waals surface area (Å²) in [7, 11) is 0. The molecular weight excluding hydrogens is 232 g/mol. The Morgan fingerprint density at radius 1 is 1.17 bits per heavy atom. The fourth-order valence-electron chi connectivity index (χ4n) is 2.66. The summed E-state index contributed by atoms with van der Waals surface area (Å²) in [6.45, 7) is 1.95. The average Bonchev–Trinajstić information content (AvgIpc) is 2.96. The highest BCUT2D eigenvalue weighted by molar-refractivity contribution is 5.62. The zero-order valence-corrected chi connectivity index (χ0v) is 10.3. The summed E-state index contributed by atoms with van der Waals surface area (Å²) in [6, 6.07) is 0.430. The predicted octanol–water partition coefficient (Wildman–Crippen LogP) is 1.72. The number of hydrogen-bond donors (Lipinski definition) is 1. The summed E-state index contributed by atoms with van der Waals surface area (Å²) in [5.41, 5.74) is 6.22. The fraction of sp³-hybridized carbons (Fsp3) is 0.636. The van der Waals surface area contributed by atoms with E-state index in [1.807, 2.05) is 6.92 Å². The molecule has 1 aliphatic carbocycles. The highest BCUT2D eigenvalue weighted by Crippen LogP contribution is 2.33. The van der Waals surface area contributed by atoms with E-state index in [0.717, 1.165) is 18.7 Å². The molecule has 0 radical (unpaired) electrons. The van der Waals surface area contributed by atoms with Crippen LogP contribution < -0.4 is 5.73 Å². The van der Waals surface area contributed by atoms with Gasteiger partial charge in [-0.3, -0.25) is 0 Å². The van der Waals surface area contributed by atoms with Gasteiger partial charge in [0.1, 0.15) is 5.82 Å². The van der Waals surface area contributed by atoms with Crippen LogP contribution in [0.1, 0.15) is 44.0 Å².